The summed E-state index contributed by atoms with van der Waals surface area (Å²) in [5.41, 5.74) is -0.669. The Hall–Kier alpha value is -0.570. The average molecular weight is 170 g/mol. The van der Waals surface area contributed by atoms with Crippen molar-refractivity contribution in [1.82, 2.24) is 0 Å². The second-order valence-corrected chi connectivity index (χ2v) is 4.23. The number of methoxy groups -OCH3 is 1. The van der Waals surface area contributed by atoms with Gasteiger partial charge in [0.2, 0.25) is 0 Å². The van der Waals surface area contributed by atoms with Crippen molar-refractivity contribution < 1.29 is 14.3 Å². The molecule has 0 N–H and O–H groups in total. The van der Waals surface area contributed by atoms with Crippen LogP contribution in [0.5, 0.6) is 0 Å². The normalized spacial score (nSPS) is 42.1. The van der Waals surface area contributed by atoms with Crippen molar-refractivity contribution >= 4 is 5.97 Å². The first-order chi connectivity index (χ1) is 5.52. The smallest absolute Gasteiger partial charge is 0.314 e. The first kappa shape index (κ1) is 8.05. The lowest BCUT2D eigenvalue weighted by molar-refractivity contribution is -0.160. The number of fused-ring (bicyclic) bond motifs is 1. The fourth-order valence-corrected chi connectivity index (χ4v) is 2.43. The molecule has 2 aliphatic heterocycles. The van der Waals surface area contributed by atoms with Gasteiger partial charge in [0.1, 0.15) is 5.41 Å². The van der Waals surface area contributed by atoms with Crippen LogP contribution in [0.15, 0.2) is 0 Å². The summed E-state index contributed by atoms with van der Waals surface area (Å²) in [6.07, 6.45) is 1.97. The van der Waals surface area contributed by atoms with E-state index in [-0.39, 0.29) is 17.0 Å². The molecule has 2 bridgehead atoms. The predicted octanol–water partition coefficient (Wildman–Crippen LogP) is 1.12. The maximum absolute atomic E-state index is 11.5. The zero-order valence-corrected chi connectivity index (χ0v) is 7.72. The van der Waals surface area contributed by atoms with Crippen LogP contribution in [0.1, 0.15) is 26.7 Å². The molecule has 0 amide bonds. The van der Waals surface area contributed by atoms with E-state index in [2.05, 4.69) is 0 Å². The first-order valence-electron chi connectivity index (χ1n) is 4.28. The molecule has 1 saturated carbocycles. The molecule has 3 fully saturated rings. The minimum Gasteiger partial charge on any atom is -0.469 e. The molecule has 2 saturated heterocycles. The number of ether oxygens (including phenoxy) is 2. The highest BCUT2D eigenvalue weighted by Crippen LogP contribution is 2.60. The largest absolute Gasteiger partial charge is 0.469 e. The minimum absolute atomic E-state index is 0.110. The van der Waals surface area contributed by atoms with Crippen molar-refractivity contribution in [1.29, 1.82) is 0 Å². The minimum atomic E-state index is -0.341. The summed E-state index contributed by atoms with van der Waals surface area (Å²) >= 11 is 0. The zero-order chi connectivity index (χ0) is 8.98. The van der Waals surface area contributed by atoms with Gasteiger partial charge in [-0.1, -0.05) is 0 Å². The average Bonchev–Trinajstić information content (AvgIpc) is 2.31. The Balaban J connectivity index is 2.28. The van der Waals surface area contributed by atoms with E-state index in [0.717, 1.165) is 12.8 Å². The molecule has 68 valence electrons. The van der Waals surface area contributed by atoms with Crippen molar-refractivity contribution in [3.63, 3.8) is 0 Å². The van der Waals surface area contributed by atoms with E-state index >= 15 is 0 Å². The van der Waals surface area contributed by atoms with E-state index in [1.807, 2.05) is 13.8 Å². The van der Waals surface area contributed by atoms with Crippen LogP contribution in [-0.2, 0) is 14.3 Å². The third-order valence-corrected chi connectivity index (χ3v) is 3.34. The number of hydrogen-bond acceptors (Lipinski definition) is 3. The van der Waals surface area contributed by atoms with E-state index in [4.69, 9.17) is 9.47 Å². The number of hydrogen-bond donors (Lipinski definition) is 0. The molecule has 3 rings (SSSR count). The maximum Gasteiger partial charge on any atom is 0.314 e. The van der Waals surface area contributed by atoms with Crippen LogP contribution >= 0.6 is 0 Å². The third-order valence-electron chi connectivity index (χ3n) is 3.34. The molecule has 0 aromatic heterocycles. The van der Waals surface area contributed by atoms with Crippen LogP contribution in [0.4, 0.5) is 0 Å². The Morgan fingerprint density at radius 3 is 2.42 bits per heavy atom. The summed E-state index contributed by atoms with van der Waals surface area (Å²) in [5.74, 6) is -0.110. The molecule has 3 aliphatic rings. The van der Waals surface area contributed by atoms with Crippen LogP contribution in [0, 0.1) is 5.41 Å². The van der Waals surface area contributed by atoms with Gasteiger partial charge in [0, 0.05) is 0 Å². The molecule has 0 radical (unpaired) electrons. The third kappa shape index (κ3) is 0.678. The second-order valence-electron chi connectivity index (χ2n) is 4.23. The molecule has 2 heterocycles. The molecule has 12 heavy (non-hydrogen) atoms. The van der Waals surface area contributed by atoms with Gasteiger partial charge in [0.05, 0.1) is 18.8 Å². The van der Waals surface area contributed by atoms with Crippen LogP contribution in [0.2, 0.25) is 0 Å². The molecule has 1 aliphatic carbocycles. The van der Waals surface area contributed by atoms with Gasteiger partial charge in [-0.2, -0.15) is 0 Å². The van der Waals surface area contributed by atoms with Gasteiger partial charge in [-0.25, -0.2) is 0 Å². The fraction of sp³-hybridized carbons (Fsp3) is 0.889. The Morgan fingerprint density at radius 1 is 1.50 bits per heavy atom. The molecule has 0 aromatic rings. The van der Waals surface area contributed by atoms with Gasteiger partial charge in [0.25, 0.3) is 0 Å². The van der Waals surface area contributed by atoms with Crippen LogP contribution in [0.25, 0.3) is 0 Å². The molecular formula is C9H14O3. The van der Waals surface area contributed by atoms with Crippen molar-refractivity contribution in [2.45, 2.75) is 38.4 Å². The van der Waals surface area contributed by atoms with E-state index in [0.29, 0.717) is 6.10 Å². The maximum atomic E-state index is 11.5. The lowest BCUT2D eigenvalue weighted by Crippen LogP contribution is -2.49. The van der Waals surface area contributed by atoms with Crippen LogP contribution in [0.3, 0.4) is 0 Å². The summed E-state index contributed by atoms with van der Waals surface area (Å²) in [6, 6.07) is 0. The molecule has 0 aromatic carbocycles. The highest BCUT2D eigenvalue weighted by molar-refractivity contribution is 5.80. The SMILES string of the molecule is COC(=O)C12CC(C1)OC2(C)C. The van der Waals surface area contributed by atoms with Crippen molar-refractivity contribution in [2.24, 2.45) is 5.41 Å². The Labute approximate surface area is 72.0 Å². The van der Waals surface area contributed by atoms with Gasteiger partial charge < -0.3 is 9.47 Å². The van der Waals surface area contributed by atoms with Gasteiger partial charge in [-0.3, -0.25) is 4.79 Å². The highest BCUT2D eigenvalue weighted by Gasteiger charge is 2.68. The Morgan fingerprint density at radius 2 is 2.08 bits per heavy atom. The van der Waals surface area contributed by atoms with Gasteiger partial charge >= 0.3 is 5.97 Å². The predicted molar refractivity (Wildman–Crippen MR) is 42.6 cm³/mol. The number of esters is 1. The molecule has 0 unspecified atom stereocenters. The zero-order valence-electron chi connectivity index (χ0n) is 7.72. The van der Waals surface area contributed by atoms with Crippen LogP contribution < -0.4 is 0 Å². The summed E-state index contributed by atoms with van der Waals surface area (Å²) in [6.45, 7) is 3.94. The topological polar surface area (TPSA) is 35.5 Å². The standard InChI is InChI=1S/C9H14O3/c1-8(2)9(7(10)11-3)4-6(5-9)12-8/h6H,4-5H2,1-3H3. The van der Waals surface area contributed by atoms with Gasteiger partial charge in [0.15, 0.2) is 0 Å². The summed E-state index contributed by atoms with van der Waals surface area (Å²) in [4.78, 5) is 11.5. The van der Waals surface area contributed by atoms with E-state index in [1.165, 1.54) is 7.11 Å². The Kier molecular flexibility index (Phi) is 1.35. The van der Waals surface area contributed by atoms with E-state index in [1.54, 1.807) is 0 Å². The molecule has 0 atom stereocenters. The Bertz CT molecular complexity index is 226. The van der Waals surface area contributed by atoms with Crippen molar-refractivity contribution in [2.75, 3.05) is 7.11 Å². The number of carbonyl (C=O) groups excluding carboxylic acids is 1. The number of rotatable bonds is 1. The van der Waals surface area contributed by atoms with Crippen molar-refractivity contribution in [3.8, 4) is 0 Å². The van der Waals surface area contributed by atoms with Crippen molar-refractivity contribution in [3.05, 3.63) is 0 Å². The highest BCUT2D eigenvalue weighted by atomic mass is 16.6. The monoisotopic (exact) mass is 170 g/mol. The number of carbonyl (C=O) groups is 1. The molecule has 3 heteroatoms. The van der Waals surface area contributed by atoms with E-state index in [9.17, 15) is 4.79 Å². The van der Waals surface area contributed by atoms with Gasteiger partial charge in [-0.15, -0.1) is 0 Å². The lowest BCUT2D eigenvalue weighted by Gasteiger charge is -2.38. The lowest BCUT2D eigenvalue weighted by atomic mass is 9.62. The molecule has 3 nitrogen and oxygen atoms in total. The summed E-state index contributed by atoms with van der Waals surface area (Å²) < 4.78 is 10.4. The fourth-order valence-electron chi connectivity index (χ4n) is 2.43. The molecular weight excluding hydrogens is 156 g/mol. The molecule has 0 spiro atoms. The van der Waals surface area contributed by atoms with Crippen LogP contribution in [-0.4, -0.2) is 24.8 Å². The summed E-state index contributed by atoms with van der Waals surface area (Å²) in [7, 11) is 1.44. The first-order valence-corrected chi connectivity index (χ1v) is 4.28. The second kappa shape index (κ2) is 2.02. The summed E-state index contributed by atoms with van der Waals surface area (Å²) in [5, 5.41) is 0. The quantitative estimate of drug-likeness (QED) is 0.553. The van der Waals surface area contributed by atoms with Gasteiger partial charge in [-0.05, 0) is 26.7 Å². The van der Waals surface area contributed by atoms with E-state index < -0.39 is 0 Å².